The van der Waals surface area contributed by atoms with Crippen LogP contribution in [-0.4, -0.2) is 37.6 Å². The third-order valence-electron chi connectivity index (χ3n) is 5.18. The standard InChI is InChI=1S/C22H27N5O/c1-14-19-17(21(28)26(5)13-15-7-6-10-23-12-15)11-18(16-8-9-16)24-20(19)27(25-14)22(2,3)4/h6-7,10-12,16H,8-9,13H2,1-5H3. The van der Waals surface area contributed by atoms with Gasteiger partial charge in [-0.2, -0.15) is 5.10 Å². The van der Waals surface area contributed by atoms with Crippen molar-refractivity contribution in [3.8, 4) is 0 Å². The van der Waals surface area contributed by atoms with E-state index in [1.54, 1.807) is 17.3 Å². The number of hydrogen-bond acceptors (Lipinski definition) is 4. The first-order valence-corrected chi connectivity index (χ1v) is 9.81. The van der Waals surface area contributed by atoms with E-state index in [0.29, 0.717) is 18.0 Å². The molecule has 3 aromatic heterocycles. The van der Waals surface area contributed by atoms with Gasteiger partial charge in [0.25, 0.3) is 5.91 Å². The molecule has 1 amide bonds. The van der Waals surface area contributed by atoms with Crippen molar-refractivity contribution >= 4 is 16.9 Å². The lowest BCUT2D eigenvalue weighted by atomic mass is 10.1. The Morgan fingerprint density at radius 2 is 2.07 bits per heavy atom. The van der Waals surface area contributed by atoms with Crippen LogP contribution in [0.1, 0.15) is 66.8 Å². The number of rotatable bonds is 4. The molecule has 1 fully saturated rings. The van der Waals surface area contributed by atoms with Gasteiger partial charge in [-0.05, 0) is 58.2 Å². The van der Waals surface area contributed by atoms with Crippen molar-refractivity contribution in [1.29, 1.82) is 0 Å². The number of hydrogen-bond donors (Lipinski definition) is 0. The lowest BCUT2D eigenvalue weighted by Crippen LogP contribution is -2.27. The summed E-state index contributed by atoms with van der Waals surface area (Å²) in [6, 6.07) is 5.86. The van der Waals surface area contributed by atoms with Gasteiger partial charge in [0, 0.05) is 37.6 Å². The fourth-order valence-corrected chi connectivity index (χ4v) is 3.58. The Labute approximate surface area is 165 Å². The molecule has 1 aliphatic rings. The molecule has 0 saturated heterocycles. The van der Waals surface area contributed by atoms with Gasteiger partial charge in [-0.1, -0.05) is 6.07 Å². The Morgan fingerprint density at radius 3 is 2.68 bits per heavy atom. The van der Waals surface area contributed by atoms with Crippen molar-refractivity contribution in [3.63, 3.8) is 0 Å². The molecule has 146 valence electrons. The highest BCUT2D eigenvalue weighted by Crippen LogP contribution is 2.41. The van der Waals surface area contributed by atoms with E-state index in [1.807, 2.05) is 36.9 Å². The van der Waals surface area contributed by atoms with Crippen LogP contribution < -0.4 is 0 Å². The summed E-state index contributed by atoms with van der Waals surface area (Å²) in [6.45, 7) is 8.81. The molecule has 3 aromatic rings. The SMILES string of the molecule is Cc1nn(C(C)(C)C)c2nc(C3CC3)cc(C(=O)N(C)Cc3cccnc3)c12. The highest BCUT2D eigenvalue weighted by Gasteiger charge is 2.31. The van der Waals surface area contributed by atoms with E-state index in [2.05, 4.69) is 25.8 Å². The molecule has 0 radical (unpaired) electrons. The monoisotopic (exact) mass is 377 g/mol. The van der Waals surface area contributed by atoms with Gasteiger partial charge in [0.15, 0.2) is 5.65 Å². The maximum absolute atomic E-state index is 13.4. The second-order valence-corrected chi connectivity index (χ2v) is 8.76. The van der Waals surface area contributed by atoms with Crippen LogP contribution in [0.2, 0.25) is 0 Å². The Morgan fingerprint density at radius 1 is 1.32 bits per heavy atom. The zero-order valence-corrected chi connectivity index (χ0v) is 17.2. The quantitative estimate of drug-likeness (QED) is 0.688. The highest BCUT2D eigenvalue weighted by molar-refractivity contribution is 6.06. The zero-order chi connectivity index (χ0) is 20.1. The summed E-state index contributed by atoms with van der Waals surface area (Å²) in [7, 11) is 1.84. The van der Waals surface area contributed by atoms with Gasteiger partial charge in [-0.25, -0.2) is 9.67 Å². The average Bonchev–Trinajstić information content (AvgIpc) is 3.44. The first-order valence-electron chi connectivity index (χ1n) is 9.81. The molecule has 6 nitrogen and oxygen atoms in total. The third-order valence-corrected chi connectivity index (χ3v) is 5.18. The predicted octanol–water partition coefficient (Wildman–Crippen LogP) is 4.04. The summed E-state index contributed by atoms with van der Waals surface area (Å²) in [5.74, 6) is 0.456. The van der Waals surface area contributed by atoms with E-state index >= 15 is 0 Å². The summed E-state index contributed by atoms with van der Waals surface area (Å²) in [5, 5.41) is 5.60. The molecule has 4 rings (SSSR count). The van der Waals surface area contributed by atoms with Crippen LogP contribution >= 0.6 is 0 Å². The number of aromatic nitrogens is 4. The van der Waals surface area contributed by atoms with E-state index in [-0.39, 0.29) is 11.4 Å². The number of carbonyl (C=O) groups excluding carboxylic acids is 1. The normalized spacial score (nSPS) is 14.5. The molecule has 1 aliphatic carbocycles. The Bertz CT molecular complexity index is 1030. The second-order valence-electron chi connectivity index (χ2n) is 8.76. The molecule has 0 unspecified atom stereocenters. The summed E-state index contributed by atoms with van der Waals surface area (Å²) in [5.41, 5.74) is 4.17. The van der Waals surface area contributed by atoms with Crippen LogP contribution in [0.4, 0.5) is 0 Å². The summed E-state index contributed by atoms with van der Waals surface area (Å²) in [6.07, 6.45) is 5.81. The largest absolute Gasteiger partial charge is 0.337 e. The fourth-order valence-electron chi connectivity index (χ4n) is 3.58. The van der Waals surface area contributed by atoms with E-state index in [9.17, 15) is 4.79 Å². The van der Waals surface area contributed by atoms with Crippen molar-refractivity contribution in [2.75, 3.05) is 7.05 Å². The molecule has 0 N–H and O–H groups in total. The lowest BCUT2D eigenvalue weighted by Gasteiger charge is -2.21. The number of fused-ring (bicyclic) bond motifs is 1. The maximum atomic E-state index is 13.4. The summed E-state index contributed by atoms with van der Waals surface area (Å²) >= 11 is 0. The number of pyridine rings is 2. The van der Waals surface area contributed by atoms with Gasteiger partial charge < -0.3 is 4.90 Å². The van der Waals surface area contributed by atoms with E-state index in [1.165, 1.54) is 0 Å². The molecule has 1 saturated carbocycles. The second kappa shape index (κ2) is 6.69. The molecular formula is C22H27N5O. The van der Waals surface area contributed by atoms with Crippen molar-refractivity contribution in [2.45, 2.75) is 58.5 Å². The van der Waals surface area contributed by atoms with Crippen molar-refractivity contribution in [2.24, 2.45) is 0 Å². The number of aryl methyl sites for hydroxylation is 1. The van der Waals surface area contributed by atoms with Gasteiger partial charge in [0.1, 0.15) is 0 Å². The van der Waals surface area contributed by atoms with Crippen molar-refractivity contribution in [1.82, 2.24) is 24.6 Å². The Hall–Kier alpha value is -2.76. The van der Waals surface area contributed by atoms with Crippen molar-refractivity contribution < 1.29 is 4.79 Å². The van der Waals surface area contributed by atoms with E-state index in [4.69, 9.17) is 10.1 Å². The van der Waals surface area contributed by atoms with Gasteiger partial charge in [0.2, 0.25) is 0 Å². The minimum Gasteiger partial charge on any atom is -0.337 e. The van der Waals surface area contributed by atoms with Gasteiger partial charge in [-0.3, -0.25) is 9.78 Å². The number of nitrogens with zero attached hydrogens (tertiary/aromatic N) is 5. The minimum atomic E-state index is -0.205. The Balaban J connectivity index is 1.81. The number of carbonyl (C=O) groups is 1. The zero-order valence-electron chi connectivity index (χ0n) is 17.2. The molecule has 0 aliphatic heterocycles. The molecule has 0 bridgehead atoms. The predicted molar refractivity (Wildman–Crippen MR) is 109 cm³/mol. The summed E-state index contributed by atoms with van der Waals surface area (Å²) in [4.78, 5) is 24.2. The van der Waals surface area contributed by atoms with Gasteiger partial charge in [0.05, 0.1) is 22.2 Å². The van der Waals surface area contributed by atoms with E-state index < -0.39 is 0 Å². The molecule has 3 heterocycles. The minimum absolute atomic E-state index is 0.00490. The molecule has 28 heavy (non-hydrogen) atoms. The molecule has 0 spiro atoms. The van der Waals surface area contributed by atoms with Crippen LogP contribution in [0, 0.1) is 6.92 Å². The Kier molecular flexibility index (Phi) is 4.44. The summed E-state index contributed by atoms with van der Waals surface area (Å²) < 4.78 is 1.96. The van der Waals surface area contributed by atoms with Crippen LogP contribution in [-0.2, 0) is 12.1 Å². The maximum Gasteiger partial charge on any atom is 0.254 e. The third kappa shape index (κ3) is 3.39. The van der Waals surface area contributed by atoms with Crippen LogP contribution in [0.25, 0.3) is 11.0 Å². The fraction of sp³-hybridized carbons (Fsp3) is 0.455. The first kappa shape index (κ1) is 18.6. The number of amides is 1. The first-order chi connectivity index (χ1) is 13.3. The van der Waals surface area contributed by atoms with Crippen LogP contribution in [0.15, 0.2) is 30.6 Å². The van der Waals surface area contributed by atoms with E-state index in [0.717, 1.165) is 40.8 Å². The average molecular weight is 377 g/mol. The topological polar surface area (TPSA) is 63.9 Å². The molecular weight excluding hydrogens is 350 g/mol. The molecule has 0 atom stereocenters. The van der Waals surface area contributed by atoms with Crippen LogP contribution in [0.3, 0.4) is 0 Å². The van der Waals surface area contributed by atoms with Crippen molar-refractivity contribution in [3.05, 3.63) is 53.1 Å². The van der Waals surface area contributed by atoms with Gasteiger partial charge >= 0.3 is 0 Å². The lowest BCUT2D eigenvalue weighted by molar-refractivity contribution is 0.0786. The highest BCUT2D eigenvalue weighted by atomic mass is 16.2. The molecule has 6 heteroatoms. The molecule has 0 aromatic carbocycles. The van der Waals surface area contributed by atoms with Gasteiger partial charge in [-0.15, -0.1) is 0 Å². The smallest absolute Gasteiger partial charge is 0.254 e. The van der Waals surface area contributed by atoms with Crippen LogP contribution in [0.5, 0.6) is 0 Å².